The summed E-state index contributed by atoms with van der Waals surface area (Å²) in [7, 11) is 0. The molecule has 74 valence electrons. The summed E-state index contributed by atoms with van der Waals surface area (Å²) in [6.45, 7) is 4.68. The van der Waals surface area contributed by atoms with E-state index in [2.05, 4.69) is 31.3 Å². The quantitative estimate of drug-likeness (QED) is 0.657. The summed E-state index contributed by atoms with van der Waals surface area (Å²) in [6.07, 6.45) is 11.5. The number of rotatable bonds is 3. The zero-order valence-electron chi connectivity index (χ0n) is 8.84. The van der Waals surface area contributed by atoms with Gasteiger partial charge in [-0.15, -0.1) is 0 Å². The molecule has 1 fully saturated rings. The van der Waals surface area contributed by atoms with Gasteiger partial charge >= 0.3 is 0 Å². The molecular formula is C12H21N. The molecule has 0 aromatic heterocycles. The van der Waals surface area contributed by atoms with Gasteiger partial charge in [0.25, 0.3) is 0 Å². The molecule has 0 aromatic carbocycles. The average Bonchev–Trinajstić information content (AvgIpc) is 2.87. The monoisotopic (exact) mass is 179 g/mol. The Bertz CT molecular complexity index is 201. The van der Waals surface area contributed by atoms with Gasteiger partial charge < -0.3 is 5.32 Å². The Morgan fingerprint density at radius 3 is 2.62 bits per heavy atom. The van der Waals surface area contributed by atoms with Gasteiger partial charge in [0.1, 0.15) is 0 Å². The lowest BCUT2D eigenvalue weighted by Crippen LogP contribution is -2.43. The number of nitrogens with one attached hydrogen (secondary N) is 1. The van der Waals surface area contributed by atoms with E-state index in [-0.39, 0.29) is 0 Å². The van der Waals surface area contributed by atoms with Crippen molar-refractivity contribution in [3.05, 3.63) is 12.2 Å². The van der Waals surface area contributed by atoms with Crippen LogP contribution in [0.5, 0.6) is 0 Å². The minimum atomic E-state index is 0.506. The molecule has 0 amide bonds. The Kier molecular flexibility index (Phi) is 2.46. The first-order valence-corrected chi connectivity index (χ1v) is 5.67. The van der Waals surface area contributed by atoms with Crippen molar-refractivity contribution in [1.29, 1.82) is 0 Å². The fraction of sp³-hybridized carbons (Fsp3) is 0.833. The zero-order valence-corrected chi connectivity index (χ0v) is 8.84. The number of hydrogen-bond acceptors (Lipinski definition) is 1. The SMILES string of the molecule is CC(C)C1(NC2C=CCCC2)CC1. The van der Waals surface area contributed by atoms with Crippen LogP contribution in [0.25, 0.3) is 0 Å². The van der Waals surface area contributed by atoms with Gasteiger partial charge in [-0.05, 0) is 38.0 Å². The van der Waals surface area contributed by atoms with E-state index in [1.54, 1.807) is 0 Å². The highest BCUT2D eigenvalue weighted by molar-refractivity contribution is 5.09. The van der Waals surface area contributed by atoms with Gasteiger partial charge in [0, 0.05) is 11.6 Å². The van der Waals surface area contributed by atoms with Crippen molar-refractivity contribution in [3.8, 4) is 0 Å². The topological polar surface area (TPSA) is 12.0 Å². The van der Waals surface area contributed by atoms with Crippen LogP contribution in [-0.4, -0.2) is 11.6 Å². The molecule has 1 nitrogen and oxygen atoms in total. The van der Waals surface area contributed by atoms with Crippen LogP contribution in [-0.2, 0) is 0 Å². The fourth-order valence-electron chi connectivity index (χ4n) is 2.32. The Morgan fingerprint density at radius 2 is 2.15 bits per heavy atom. The van der Waals surface area contributed by atoms with E-state index >= 15 is 0 Å². The maximum atomic E-state index is 3.82. The smallest absolute Gasteiger partial charge is 0.0255 e. The molecule has 0 spiro atoms. The van der Waals surface area contributed by atoms with Gasteiger partial charge in [0.2, 0.25) is 0 Å². The van der Waals surface area contributed by atoms with E-state index in [0.717, 1.165) is 5.92 Å². The summed E-state index contributed by atoms with van der Waals surface area (Å²) in [5.41, 5.74) is 0.506. The van der Waals surface area contributed by atoms with E-state index < -0.39 is 0 Å². The molecule has 1 N–H and O–H groups in total. The lowest BCUT2D eigenvalue weighted by molar-refractivity contribution is 0.341. The molecule has 2 aliphatic carbocycles. The van der Waals surface area contributed by atoms with Gasteiger partial charge in [-0.2, -0.15) is 0 Å². The summed E-state index contributed by atoms with van der Waals surface area (Å²) in [5, 5.41) is 3.82. The van der Waals surface area contributed by atoms with Gasteiger partial charge in [-0.1, -0.05) is 26.0 Å². The first-order chi connectivity index (χ1) is 6.23. The van der Waals surface area contributed by atoms with Crippen LogP contribution in [0, 0.1) is 5.92 Å². The lowest BCUT2D eigenvalue weighted by atomic mass is 9.97. The zero-order chi connectivity index (χ0) is 9.31. The van der Waals surface area contributed by atoms with Gasteiger partial charge in [0.05, 0.1) is 0 Å². The third-order valence-electron chi connectivity index (χ3n) is 3.62. The second kappa shape index (κ2) is 3.45. The van der Waals surface area contributed by atoms with Gasteiger partial charge in [0.15, 0.2) is 0 Å². The molecule has 1 unspecified atom stereocenters. The highest BCUT2D eigenvalue weighted by Gasteiger charge is 2.45. The molecule has 1 heteroatoms. The first kappa shape index (κ1) is 9.26. The highest BCUT2D eigenvalue weighted by Crippen LogP contribution is 2.42. The van der Waals surface area contributed by atoms with Crippen LogP contribution in [0.4, 0.5) is 0 Å². The predicted octanol–water partition coefficient (Wildman–Crippen LogP) is 2.87. The molecule has 0 aromatic rings. The summed E-state index contributed by atoms with van der Waals surface area (Å²) < 4.78 is 0. The van der Waals surface area contributed by atoms with E-state index in [9.17, 15) is 0 Å². The molecule has 0 radical (unpaired) electrons. The van der Waals surface area contributed by atoms with Crippen LogP contribution < -0.4 is 5.32 Å². The fourth-order valence-corrected chi connectivity index (χ4v) is 2.32. The van der Waals surface area contributed by atoms with Crippen LogP contribution in [0.15, 0.2) is 12.2 Å². The van der Waals surface area contributed by atoms with Crippen molar-refractivity contribution in [2.24, 2.45) is 5.92 Å². The highest BCUT2D eigenvalue weighted by atomic mass is 15.1. The Hall–Kier alpha value is -0.300. The second-order valence-corrected chi connectivity index (χ2v) is 4.92. The van der Waals surface area contributed by atoms with Crippen molar-refractivity contribution in [2.75, 3.05) is 0 Å². The van der Waals surface area contributed by atoms with Crippen molar-refractivity contribution in [2.45, 2.75) is 57.5 Å². The van der Waals surface area contributed by atoms with Crippen molar-refractivity contribution < 1.29 is 0 Å². The molecule has 0 heterocycles. The Balaban J connectivity index is 1.90. The predicted molar refractivity (Wildman–Crippen MR) is 56.7 cm³/mol. The van der Waals surface area contributed by atoms with E-state index in [0.29, 0.717) is 11.6 Å². The molecule has 2 aliphatic rings. The molecule has 13 heavy (non-hydrogen) atoms. The maximum absolute atomic E-state index is 3.82. The minimum absolute atomic E-state index is 0.506. The largest absolute Gasteiger partial charge is 0.305 e. The lowest BCUT2D eigenvalue weighted by Gasteiger charge is -2.28. The second-order valence-electron chi connectivity index (χ2n) is 4.92. The normalized spacial score (nSPS) is 30.8. The van der Waals surface area contributed by atoms with Crippen LogP contribution in [0.2, 0.25) is 0 Å². The van der Waals surface area contributed by atoms with Crippen LogP contribution in [0.3, 0.4) is 0 Å². The summed E-state index contributed by atoms with van der Waals surface area (Å²) in [4.78, 5) is 0. The van der Waals surface area contributed by atoms with Gasteiger partial charge in [-0.3, -0.25) is 0 Å². The molecule has 1 atom stereocenters. The summed E-state index contributed by atoms with van der Waals surface area (Å²) in [6, 6.07) is 0.665. The van der Waals surface area contributed by atoms with Crippen molar-refractivity contribution >= 4 is 0 Å². The number of hydrogen-bond donors (Lipinski definition) is 1. The van der Waals surface area contributed by atoms with E-state index in [1.165, 1.54) is 32.1 Å². The standard InChI is InChI=1S/C12H21N/c1-10(2)12(8-9-12)13-11-6-4-3-5-7-11/h4,6,10-11,13H,3,5,7-9H2,1-2H3. The van der Waals surface area contributed by atoms with Crippen molar-refractivity contribution in [3.63, 3.8) is 0 Å². The summed E-state index contributed by atoms with van der Waals surface area (Å²) in [5.74, 6) is 0.794. The van der Waals surface area contributed by atoms with E-state index in [4.69, 9.17) is 0 Å². The van der Waals surface area contributed by atoms with Crippen LogP contribution in [0.1, 0.15) is 46.0 Å². The van der Waals surface area contributed by atoms with Crippen LogP contribution >= 0.6 is 0 Å². The molecule has 0 saturated heterocycles. The summed E-state index contributed by atoms with van der Waals surface area (Å²) >= 11 is 0. The van der Waals surface area contributed by atoms with Crippen molar-refractivity contribution in [1.82, 2.24) is 5.32 Å². The molecular weight excluding hydrogens is 158 g/mol. The minimum Gasteiger partial charge on any atom is -0.305 e. The third-order valence-corrected chi connectivity index (χ3v) is 3.62. The molecule has 0 bridgehead atoms. The van der Waals surface area contributed by atoms with E-state index in [1.807, 2.05) is 0 Å². The molecule has 1 saturated carbocycles. The third kappa shape index (κ3) is 1.96. The molecule has 2 rings (SSSR count). The Morgan fingerprint density at radius 1 is 1.38 bits per heavy atom. The molecule has 0 aliphatic heterocycles. The Labute approximate surface area is 81.6 Å². The van der Waals surface area contributed by atoms with Gasteiger partial charge in [-0.25, -0.2) is 0 Å². The maximum Gasteiger partial charge on any atom is 0.0255 e. The number of allylic oxidation sites excluding steroid dienone is 1. The first-order valence-electron chi connectivity index (χ1n) is 5.67. The average molecular weight is 179 g/mol.